The number of carbonyl (C=O) groups is 1. The number of hydrogen-bond donors (Lipinski definition) is 3. The van der Waals surface area contributed by atoms with Crippen LogP contribution in [0.1, 0.15) is 23.1 Å². The van der Waals surface area contributed by atoms with Crippen molar-refractivity contribution in [1.82, 2.24) is 10.6 Å². The number of carbonyl (C=O) groups excluding carboxylic acids is 1. The predicted molar refractivity (Wildman–Crippen MR) is 134 cm³/mol. The van der Waals surface area contributed by atoms with E-state index in [0.29, 0.717) is 17.7 Å². The molecule has 1 amide bonds. The molecule has 0 aliphatic rings. The first-order valence-corrected chi connectivity index (χ1v) is 12.0. The number of aliphatic hydroxyl groups excluding tert-OH is 1. The van der Waals surface area contributed by atoms with Gasteiger partial charge in [-0.1, -0.05) is 30.3 Å². The Hall–Kier alpha value is -2.43. The number of nitrogens with one attached hydrogen (secondary N) is 2. The monoisotopic (exact) mass is 582 g/mol. The zero-order valence-electron chi connectivity index (χ0n) is 18.4. The minimum Gasteiger partial charge on any atom is -0.390 e. The summed E-state index contributed by atoms with van der Waals surface area (Å²) in [6.45, 7) is 0.665. The van der Waals surface area contributed by atoms with E-state index < -0.39 is 23.8 Å². The summed E-state index contributed by atoms with van der Waals surface area (Å²) in [5.74, 6) is -2.24. The third-order valence-electron chi connectivity index (χ3n) is 5.34. The Morgan fingerprint density at radius 3 is 2.38 bits per heavy atom. The number of amides is 1. The van der Waals surface area contributed by atoms with E-state index in [4.69, 9.17) is 0 Å². The topological polar surface area (TPSA) is 61.4 Å². The van der Waals surface area contributed by atoms with Crippen molar-refractivity contribution in [2.75, 3.05) is 6.54 Å². The Kier molecular flexibility index (Phi) is 9.91. The van der Waals surface area contributed by atoms with Crippen molar-refractivity contribution in [2.45, 2.75) is 38.0 Å². The molecule has 0 bridgehead atoms. The molecule has 0 saturated heterocycles. The van der Waals surface area contributed by atoms with Crippen LogP contribution in [0.3, 0.4) is 0 Å². The van der Waals surface area contributed by atoms with E-state index in [1.54, 1.807) is 18.2 Å². The molecule has 0 radical (unpaired) electrons. The first-order chi connectivity index (χ1) is 16.3. The van der Waals surface area contributed by atoms with Gasteiger partial charge in [-0.25, -0.2) is 13.2 Å². The number of rotatable bonds is 11. The van der Waals surface area contributed by atoms with Gasteiger partial charge in [-0.15, -0.1) is 0 Å². The SMILES string of the molecule is O=C(CCc1ccccc1F)NC(Cc1cc(F)cc(F)c1)C(O)CNCc1cccc(I)c1. The summed E-state index contributed by atoms with van der Waals surface area (Å²) in [6, 6.07) is 16.4. The van der Waals surface area contributed by atoms with Gasteiger partial charge in [-0.2, -0.15) is 0 Å². The van der Waals surface area contributed by atoms with Crippen molar-refractivity contribution >= 4 is 28.5 Å². The summed E-state index contributed by atoms with van der Waals surface area (Å²) in [7, 11) is 0. The minimum absolute atomic E-state index is 0.0115. The van der Waals surface area contributed by atoms with Crippen LogP contribution in [0.4, 0.5) is 13.2 Å². The fraction of sp³-hybridized carbons (Fsp3) is 0.269. The smallest absolute Gasteiger partial charge is 0.220 e. The zero-order valence-corrected chi connectivity index (χ0v) is 20.6. The van der Waals surface area contributed by atoms with E-state index in [-0.39, 0.29) is 37.5 Å². The lowest BCUT2D eigenvalue weighted by Gasteiger charge is -2.25. The van der Waals surface area contributed by atoms with Crippen LogP contribution in [0.5, 0.6) is 0 Å². The normalized spacial score (nSPS) is 12.9. The van der Waals surface area contributed by atoms with Gasteiger partial charge in [0.25, 0.3) is 0 Å². The van der Waals surface area contributed by atoms with Crippen molar-refractivity contribution in [3.8, 4) is 0 Å². The van der Waals surface area contributed by atoms with Crippen LogP contribution in [-0.4, -0.2) is 29.7 Å². The second-order valence-electron chi connectivity index (χ2n) is 8.08. The predicted octanol–water partition coefficient (Wildman–Crippen LogP) is 4.52. The zero-order chi connectivity index (χ0) is 24.5. The maximum absolute atomic E-state index is 13.8. The molecule has 3 rings (SSSR count). The van der Waals surface area contributed by atoms with E-state index in [0.717, 1.165) is 15.2 Å². The molecule has 0 saturated carbocycles. The van der Waals surface area contributed by atoms with Crippen LogP contribution < -0.4 is 10.6 Å². The molecule has 0 heterocycles. The van der Waals surface area contributed by atoms with E-state index in [1.807, 2.05) is 24.3 Å². The molecular formula is C26H26F3IN2O2. The molecule has 8 heteroatoms. The lowest BCUT2D eigenvalue weighted by atomic mass is 10.00. The van der Waals surface area contributed by atoms with Gasteiger partial charge in [-0.3, -0.25) is 4.79 Å². The van der Waals surface area contributed by atoms with E-state index in [1.165, 1.54) is 18.2 Å². The molecule has 2 atom stereocenters. The molecule has 2 unspecified atom stereocenters. The van der Waals surface area contributed by atoms with Crippen molar-refractivity contribution in [2.24, 2.45) is 0 Å². The first kappa shape index (κ1) is 26.2. The second kappa shape index (κ2) is 12.9. The Bertz CT molecular complexity index is 1090. The number of aryl methyl sites for hydroxylation is 1. The fourth-order valence-electron chi connectivity index (χ4n) is 3.65. The summed E-state index contributed by atoms with van der Waals surface area (Å²) in [6.07, 6.45) is -0.781. The van der Waals surface area contributed by atoms with Crippen molar-refractivity contribution in [1.29, 1.82) is 0 Å². The lowest BCUT2D eigenvalue weighted by molar-refractivity contribution is -0.122. The highest BCUT2D eigenvalue weighted by Crippen LogP contribution is 2.14. The van der Waals surface area contributed by atoms with E-state index >= 15 is 0 Å². The molecule has 3 aromatic carbocycles. The van der Waals surface area contributed by atoms with Gasteiger partial charge >= 0.3 is 0 Å². The van der Waals surface area contributed by atoms with Crippen LogP contribution in [0.15, 0.2) is 66.7 Å². The third kappa shape index (κ3) is 8.41. The molecule has 0 aliphatic heterocycles. The molecule has 0 fully saturated rings. The van der Waals surface area contributed by atoms with Crippen LogP contribution in [0.2, 0.25) is 0 Å². The highest BCUT2D eigenvalue weighted by Gasteiger charge is 2.22. The van der Waals surface area contributed by atoms with Crippen LogP contribution >= 0.6 is 22.6 Å². The Morgan fingerprint density at radius 1 is 0.941 bits per heavy atom. The van der Waals surface area contributed by atoms with Crippen molar-refractivity contribution in [3.05, 3.63) is 104 Å². The maximum Gasteiger partial charge on any atom is 0.220 e. The summed E-state index contributed by atoms with van der Waals surface area (Å²) in [5, 5.41) is 16.7. The van der Waals surface area contributed by atoms with Gasteiger partial charge < -0.3 is 15.7 Å². The van der Waals surface area contributed by atoms with E-state index in [2.05, 4.69) is 33.2 Å². The largest absolute Gasteiger partial charge is 0.390 e. The summed E-state index contributed by atoms with van der Waals surface area (Å²) >= 11 is 2.22. The Morgan fingerprint density at radius 2 is 1.68 bits per heavy atom. The molecule has 4 nitrogen and oxygen atoms in total. The summed E-state index contributed by atoms with van der Waals surface area (Å²) in [4.78, 5) is 12.6. The molecule has 0 spiro atoms. The highest BCUT2D eigenvalue weighted by atomic mass is 127. The number of benzene rings is 3. The Labute approximate surface area is 210 Å². The average molecular weight is 582 g/mol. The van der Waals surface area contributed by atoms with Crippen molar-refractivity contribution < 1.29 is 23.1 Å². The van der Waals surface area contributed by atoms with E-state index in [9.17, 15) is 23.1 Å². The Balaban J connectivity index is 1.63. The first-order valence-electron chi connectivity index (χ1n) is 10.9. The molecule has 3 aromatic rings. The second-order valence-corrected chi connectivity index (χ2v) is 9.32. The van der Waals surface area contributed by atoms with Gasteiger partial charge in [0.1, 0.15) is 17.5 Å². The maximum atomic E-state index is 13.8. The van der Waals surface area contributed by atoms with Gasteiger partial charge in [0.15, 0.2) is 0 Å². The average Bonchev–Trinajstić information content (AvgIpc) is 2.77. The number of aliphatic hydroxyl groups is 1. The highest BCUT2D eigenvalue weighted by molar-refractivity contribution is 14.1. The molecule has 0 aromatic heterocycles. The standard InChI is InChI=1S/C26H26F3IN2O2/c27-20-10-18(11-21(28)14-20)13-24(25(33)16-31-15-17-4-3-6-22(30)12-17)32-26(34)9-8-19-5-1-2-7-23(19)29/h1-7,10-12,14,24-25,31,33H,8-9,13,15-16H2,(H,32,34). The lowest BCUT2D eigenvalue weighted by Crippen LogP contribution is -2.48. The van der Waals surface area contributed by atoms with Crippen LogP contribution in [0.25, 0.3) is 0 Å². The molecule has 34 heavy (non-hydrogen) atoms. The van der Waals surface area contributed by atoms with Gasteiger partial charge in [0.2, 0.25) is 5.91 Å². The molecule has 180 valence electrons. The number of hydrogen-bond acceptors (Lipinski definition) is 3. The fourth-order valence-corrected chi connectivity index (χ4v) is 4.26. The summed E-state index contributed by atoms with van der Waals surface area (Å²) < 4.78 is 42.3. The van der Waals surface area contributed by atoms with Crippen LogP contribution in [-0.2, 0) is 24.2 Å². The molecule has 0 aliphatic carbocycles. The van der Waals surface area contributed by atoms with Gasteiger partial charge in [0.05, 0.1) is 12.1 Å². The van der Waals surface area contributed by atoms with Crippen molar-refractivity contribution in [3.63, 3.8) is 0 Å². The minimum atomic E-state index is -1.02. The third-order valence-corrected chi connectivity index (χ3v) is 6.01. The van der Waals surface area contributed by atoms with Gasteiger partial charge in [0, 0.05) is 29.1 Å². The molecule has 3 N–H and O–H groups in total. The molecular weight excluding hydrogens is 556 g/mol. The van der Waals surface area contributed by atoms with Gasteiger partial charge in [-0.05, 0) is 82.5 Å². The number of halogens is 4. The quantitative estimate of drug-likeness (QED) is 0.292. The summed E-state index contributed by atoms with van der Waals surface area (Å²) in [5.41, 5.74) is 1.77. The van der Waals surface area contributed by atoms with Crippen LogP contribution in [0, 0.1) is 21.0 Å².